The number of pyridine rings is 1. The van der Waals surface area contributed by atoms with E-state index in [0.29, 0.717) is 24.5 Å². The van der Waals surface area contributed by atoms with Crippen LogP contribution in [-0.2, 0) is 24.2 Å². The molecule has 4 heterocycles. The normalized spacial score (nSPS) is 16.7. The minimum atomic E-state index is -0.195. The second-order valence-electron chi connectivity index (χ2n) is 10.6. The Morgan fingerprint density at radius 2 is 1.95 bits per heavy atom. The van der Waals surface area contributed by atoms with Crippen LogP contribution in [0.25, 0.3) is 0 Å². The fourth-order valence-electron chi connectivity index (χ4n) is 5.07. The van der Waals surface area contributed by atoms with E-state index in [2.05, 4.69) is 41.5 Å². The summed E-state index contributed by atoms with van der Waals surface area (Å²) in [7, 11) is 3.38. The summed E-state index contributed by atoms with van der Waals surface area (Å²) < 4.78 is 7.78. The maximum absolute atomic E-state index is 13.4. The number of aromatic nitrogens is 3. The zero-order valence-electron chi connectivity index (χ0n) is 23.1. The minimum Gasteiger partial charge on any atom is -0.373 e. The molecule has 3 amide bonds. The van der Waals surface area contributed by atoms with Crippen molar-refractivity contribution in [1.29, 1.82) is 0 Å². The highest BCUT2D eigenvalue weighted by atomic mass is 16.5. The van der Waals surface area contributed by atoms with E-state index in [4.69, 9.17) is 14.8 Å². The third-order valence-corrected chi connectivity index (χ3v) is 7.25. The third-order valence-electron chi connectivity index (χ3n) is 7.25. The molecular formula is C29H37N7O3. The summed E-state index contributed by atoms with van der Waals surface area (Å²) >= 11 is 0. The van der Waals surface area contributed by atoms with Gasteiger partial charge < -0.3 is 25.2 Å². The van der Waals surface area contributed by atoms with Gasteiger partial charge in [-0.1, -0.05) is 18.2 Å². The molecule has 1 saturated heterocycles. The fraction of sp³-hybridized carbons (Fsp3) is 0.448. The SMILES string of the molecule is CC(C)n1nc(C(=O)NCc2ccc(NC(=O)N(C)C)cc2)c2c1CCN(c1ccc([C@H]3CCCO3)cn1)C2. The lowest BCUT2D eigenvalue weighted by molar-refractivity contribution is 0.0944. The highest BCUT2D eigenvalue weighted by Gasteiger charge is 2.29. The maximum atomic E-state index is 13.4. The summed E-state index contributed by atoms with van der Waals surface area (Å²) in [6.07, 6.45) is 4.99. The number of nitrogens with one attached hydrogen (secondary N) is 2. The molecule has 0 aliphatic carbocycles. The fourth-order valence-corrected chi connectivity index (χ4v) is 5.07. The van der Waals surface area contributed by atoms with Crippen molar-refractivity contribution >= 4 is 23.4 Å². The van der Waals surface area contributed by atoms with Gasteiger partial charge in [0, 0.05) is 75.9 Å². The van der Waals surface area contributed by atoms with E-state index in [1.54, 1.807) is 14.1 Å². The lowest BCUT2D eigenvalue weighted by atomic mass is 10.0. The van der Waals surface area contributed by atoms with Crippen molar-refractivity contribution in [2.75, 3.05) is 37.5 Å². The van der Waals surface area contributed by atoms with Crippen molar-refractivity contribution < 1.29 is 14.3 Å². The van der Waals surface area contributed by atoms with Crippen LogP contribution < -0.4 is 15.5 Å². The van der Waals surface area contributed by atoms with Crippen molar-refractivity contribution in [3.63, 3.8) is 0 Å². The molecule has 2 aromatic heterocycles. The molecule has 0 bridgehead atoms. The number of hydrogen-bond acceptors (Lipinski definition) is 6. The molecule has 5 rings (SSSR count). The summed E-state index contributed by atoms with van der Waals surface area (Å²) in [4.78, 5) is 33.6. The van der Waals surface area contributed by atoms with Gasteiger partial charge in [0.15, 0.2) is 5.69 Å². The molecule has 3 aromatic rings. The first-order chi connectivity index (χ1) is 18.8. The molecule has 10 nitrogen and oxygen atoms in total. The Morgan fingerprint density at radius 3 is 2.59 bits per heavy atom. The van der Waals surface area contributed by atoms with Gasteiger partial charge in [-0.05, 0) is 56.0 Å². The zero-order chi connectivity index (χ0) is 27.5. The van der Waals surface area contributed by atoms with E-state index in [0.717, 1.165) is 60.6 Å². The van der Waals surface area contributed by atoms with Gasteiger partial charge in [-0.2, -0.15) is 5.10 Å². The number of hydrogen-bond donors (Lipinski definition) is 2. The van der Waals surface area contributed by atoms with Crippen LogP contribution in [-0.4, -0.2) is 58.8 Å². The molecular weight excluding hydrogens is 494 g/mol. The van der Waals surface area contributed by atoms with Gasteiger partial charge in [0.05, 0.1) is 6.10 Å². The second kappa shape index (κ2) is 11.4. The quantitative estimate of drug-likeness (QED) is 0.471. The Labute approximate surface area is 229 Å². The average molecular weight is 532 g/mol. The van der Waals surface area contributed by atoms with Crippen LogP contribution in [0.5, 0.6) is 0 Å². The summed E-state index contributed by atoms with van der Waals surface area (Å²) in [5, 5.41) is 10.6. The van der Waals surface area contributed by atoms with Gasteiger partial charge in [0.25, 0.3) is 5.91 Å². The molecule has 1 fully saturated rings. The first kappa shape index (κ1) is 26.7. The molecule has 0 spiro atoms. The van der Waals surface area contributed by atoms with Crippen LogP contribution >= 0.6 is 0 Å². The van der Waals surface area contributed by atoms with Gasteiger partial charge in [-0.15, -0.1) is 0 Å². The number of amides is 3. The van der Waals surface area contributed by atoms with E-state index in [1.165, 1.54) is 4.90 Å². The molecule has 0 radical (unpaired) electrons. The van der Waals surface area contributed by atoms with Crippen LogP contribution in [0.3, 0.4) is 0 Å². The second-order valence-corrected chi connectivity index (χ2v) is 10.6. The molecule has 206 valence electrons. The minimum absolute atomic E-state index is 0.145. The lowest BCUT2D eigenvalue weighted by Crippen LogP contribution is -2.33. The third kappa shape index (κ3) is 5.90. The van der Waals surface area contributed by atoms with Gasteiger partial charge >= 0.3 is 6.03 Å². The number of carbonyl (C=O) groups is 2. The van der Waals surface area contributed by atoms with Crippen molar-refractivity contribution in [2.24, 2.45) is 0 Å². The van der Waals surface area contributed by atoms with Crippen molar-refractivity contribution in [2.45, 2.75) is 58.3 Å². The van der Waals surface area contributed by atoms with Gasteiger partial charge in [0.1, 0.15) is 5.82 Å². The van der Waals surface area contributed by atoms with Crippen LogP contribution in [0, 0.1) is 0 Å². The van der Waals surface area contributed by atoms with Crippen LogP contribution in [0.15, 0.2) is 42.6 Å². The van der Waals surface area contributed by atoms with Crippen molar-refractivity contribution in [1.82, 2.24) is 25.0 Å². The predicted molar refractivity (Wildman–Crippen MR) is 150 cm³/mol. The summed E-state index contributed by atoms with van der Waals surface area (Å²) in [5.41, 5.74) is 5.29. The predicted octanol–water partition coefficient (Wildman–Crippen LogP) is 4.30. The maximum Gasteiger partial charge on any atom is 0.321 e. The Bertz CT molecular complexity index is 1310. The van der Waals surface area contributed by atoms with E-state index in [1.807, 2.05) is 35.1 Å². The molecule has 2 aliphatic heterocycles. The lowest BCUT2D eigenvalue weighted by Gasteiger charge is -2.29. The number of fused-ring (bicyclic) bond motifs is 1. The molecule has 2 aliphatic rings. The van der Waals surface area contributed by atoms with E-state index < -0.39 is 0 Å². The number of urea groups is 1. The number of carbonyl (C=O) groups excluding carboxylic acids is 2. The number of benzene rings is 1. The van der Waals surface area contributed by atoms with Crippen molar-refractivity contribution in [3.05, 3.63) is 70.7 Å². The largest absolute Gasteiger partial charge is 0.373 e. The number of nitrogens with zero attached hydrogens (tertiary/aromatic N) is 5. The Balaban J connectivity index is 1.28. The van der Waals surface area contributed by atoms with Gasteiger partial charge in [0.2, 0.25) is 0 Å². The first-order valence-electron chi connectivity index (χ1n) is 13.6. The molecule has 1 aromatic carbocycles. The van der Waals surface area contributed by atoms with Gasteiger partial charge in [-0.25, -0.2) is 9.78 Å². The number of ether oxygens (including phenoxy) is 1. The standard InChI is InChI=1S/C29H37N7O3/c1-19(2)36-24-13-14-35(26-12-9-21(17-30-26)25-6-5-15-39-25)18-23(24)27(33-36)28(37)31-16-20-7-10-22(11-8-20)32-29(38)34(3)4/h7-12,17,19,25H,5-6,13-16,18H2,1-4H3,(H,31,37)(H,32,38)/t25-/m1/s1. The van der Waals surface area contributed by atoms with Crippen LogP contribution in [0.2, 0.25) is 0 Å². The number of rotatable bonds is 7. The van der Waals surface area contributed by atoms with Crippen LogP contribution in [0.1, 0.15) is 71.7 Å². The molecule has 2 N–H and O–H groups in total. The molecule has 39 heavy (non-hydrogen) atoms. The molecule has 1 atom stereocenters. The van der Waals surface area contributed by atoms with Gasteiger partial charge in [-0.3, -0.25) is 9.48 Å². The topological polar surface area (TPSA) is 105 Å². The van der Waals surface area contributed by atoms with E-state index >= 15 is 0 Å². The highest BCUT2D eigenvalue weighted by Crippen LogP contribution is 2.31. The monoisotopic (exact) mass is 531 g/mol. The molecule has 0 unspecified atom stereocenters. The summed E-state index contributed by atoms with van der Waals surface area (Å²) in [5.74, 6) is 0.701. The van der Waals surface area contributed by atoms with E-state index in [9.17, 15) is 9.59 Å². The average Bonchev–Trinajstić information content (AvgIpc) is 3.61. The Morgan fingerprint density at radius 1 is 1.15 bits per heavy atom. The first-order valence-corrected chi connectivity index (χ1v) is 13.6. The Kier molecular flexibility index (Phi) is 7.83. The van der Waals surface area contributed by atoms with E-state index in [-0.39, 0.29) is 24.1 Å². The molecule has 0 saturated carbocycles. The smallest absolute Gasteiger partial charge is 0.321 e. The summed E-state index contributed by atoms with van der Waals surface area (Å²) in [6.45, 7) is 6.74. The summed E-state index contributed by atoms with van der Waals surface area (Å²) in [6, 6.07) is 11.6. The Hall–Kier alpha value is -3.92. The zero-order valence-corrected chi connectivity index (χ0v) is 23.1. The molecule has 10 heteroatoms. The number of anilines is 2. The highest BCUT2D eigenvalue weighted by molar-refractivity contribution is 5.94. The van der Waals surface area contributed by atoms with Crippen LogP contribution in [0.4, 0.5) is 16.3 Å². The van der Waals surface area contributed by atoms with Crippen molar-refractivity contribution in [3.8, 4) is 0 Å².